The van der Waals surface area contributed by atoms with Crippen LogP contribution in [-0.4, -0.2) is 25.0 Å². The summed E-state index contributed by atoms with van der Waals surface area (Å²) in [6, 6.07) is 8.90. The van der Waals surface area contributed by atoms with E-state index < -0.39 is 5.79 Å². The summed E-state index contributed by atoms with van der Waals surface area (Å²) in [7, 11) is 0. The topological polar surface area (TPSA) is 30.5 Å². The zero-order valence-corrected chi connectivity index (χ0v) is 12.7. The van der Waals surface area contributed by atoms with Crippen LogP contribution in [0.3, 0.4) is 0 Å². The molecule has 1 aliphatic heterocycles. The largest absolute Gasteiger partial charge is 0.349 e. The summed E-state index contributed by atoms with van der Waals surface area (Å²) in [6.45, 7) is 7.42. The van der Waals surface area contributed by atoms with Gasteiger partial charge in [-0.15, -0.1) is 0 Å². The van der Waals surface area contributed by atoms with Crippen molar-refractivity contribution < 1.29 is 9.47 Å². The van der Waals surface area contributed by atoms with Gasteiger partial charge in [0.1, 0.15) is 0 Å². The van der Waals surface area contributed by atoms with Gasteiger partial charge < -0.3 is 14.8 Å². The highest BCUT2D eigenvalue weighted by Gasteiger charge is 2.28. The van der Waals surface area contributed by atoms with Crippen molar-refractivity contribution in [1.82, 2.24) is 5.32 Å². The minimum Gasteiger partial charge on any atom is -0.349 e. The Bertz CT molecular complexity index is 381. The number of hydrogen-bond acceptors (Lipinski definition) is 3. The van der Waals surface area contributed by atoms with Crippen LogP contribution in [0.2, 0.25) is 0 Å². The summed E-state index contributed by atoms with van der Waals surface area (Å²) >= 11 is 3.45. The quantitative estimate of drug-likeness (QED) is 0.929. The minimum atomic E-state index is -0.445. The second kappa shape index (κ2) is 5.70. The van der Waals surface area contributed by atoms with Crippen molar-refractivity contribution in [2.75, 3.05) is 13.2 Å². The van der Waals surface area contributed by atoms with Crippen molar-refractivity contribution >= 4 is 15.9 Å². The Morgan fingerprint density at radius 3 is 2.33 bits per heavy atom. The third kappa shape index (κ3) is 3.79. The number of benzene rings is 1. The standard InChI is InChI=1S/C14H20BrNO2/c1-10(11-4-6-12(15)7-5-11)16-13-8-17-14(2,3)18-9-13/h4-7,10,13,16H,8-9H2,1-3H3. The summed E-state index contributed by atoms with van der Waals surface area (Å²) in [6.07, 6.45) is 0. The zero-order chi connectivity index (χ0) is 13.2. The first kappa shape index (κ1) is 14.0. The molecule has 2 rings (SSSR count). The first-order valence-electron chi connectivity index (χ1n) is 6.26. The molecule has 1 fully saturated rings. The van der Waals surface area contributed by atoms with E-state index in [9.17, 15) is 0 Å². The van der Waals surface area contributed by atoms with Gasteiger partial charge in [-0.25, -0.2) is 0 Å². The van der Waals surface area contributed by atoms with E-state index in [0.29, 0.717) is 13.2 Å². The highest BCUT2D eigenvalue weighted by Crippen LogP contribution is 2.20. The SMILES string of the molecule is CC(NC1COC(C)(C)OC1)c1ccc(Br)cc1. The van der Waals surface area contributed by atoms with Crippen LogP contribution in [-0.2, 0) is 9.47 Å². The molecule has 100 valence electrons. The minimum absolute atomic E-state index is 0.247. The van der Waals surface area contributed by atoms with Crippen LogP contribution in [0.4, 0.5) is 0 Å². The van der Waals surface area contributed by atoms with Crippen LogP contribution in [0.1, 0.15) is 32.4 Å². The van der Waals surface area contributed by atoms with E-state index in [1.807, 2.05) is 13.8 Å². The number of hydrogen-bond donors (Lipinski definition) is 1. The van der Waals surface area contributed by atoms with Crippen molar-refractivity contribution in [3.63, 3.8) is 0 Å². The Labute approximate surface area is 117 Å². The van der Waals surface area contributed by atoms with E-state index in [1.165, 1.54) is 5.56 Å². The third-order valence-corrected chi connectivity index (χ3v) is 3.65. The maximum absolute atomic E-state index is 5.64. The molecule has 1 N–H and O–H groups in total. The first-order chi connectivity index (χ1) is 8.46. The molecule has 0 radical (unpaired) electrons. The molecule has 0 saturated carbocycles. The molecule has 1 aromatic rings. The van der Waals surface area contributed by atoms with E-state index in [0.717, 1.165) is 4.47 Å². The van der Waals surface area contributed by atoms with Gasteiger partial charge in [-0.2, -0.15) is 0 Å². The summed E-state index contributed by atoms with van der Waals surface area (Å²) in [5.74, 6) is -0.445. The lowest BCUT2D eigenvalue weighted by atomic mass is 10.1. The van der Waals surface area contributed by atoms with Crippen molar-refractivity contribution in [2.24, 2.45) is 0 Å². The van der Waals surface area contributed by atoms with Gasteiger partial charge in [-0.1, -0.05) is 28.1 Å². The van der Waals surface area contributed by atoms with Crippen LogP contribution in [0.15, 0.2) is 28.7 Å². The van der Waals surface area contributed by atoms with Gasteiger partial charge in [0.25, 0.3) is 0 Å². The average Bonchev–Trinajstić information content (AvgIpc) is 2.33. The zero-order valence-electron chi connectivity index (χ0n) is 11.1. The lowest BCUT2D eigenvalue weighted by molar-refractivity contribution is -0.253. The van der Waals surface area contributed by atoms with Crippen molar-refractivity contribution in [3.8, 4) is 0 Å². The molecule has 1 aliphatic rings. The van der Waals surface area contributed by atoms with Gasteiger partial charge in [0.15, 0.2) is 5.79 Å². The predicted octanol–water partition coefficient (Wildman–Crippen LogP) is 3.25. The van der Waals surface area contributed by atoms with Crippen LogP contribution in [0.25, 0.3) is 0 Å². The molecule has 0 bridgehead atoms. The molecule has 0 spiro atoms. The molecule has 0 amide bonds. The summed E-state index contributed by atoms with van der Waals surface area (Å²) in [5.41, 5.74) is 1.27. The van der Waals surface area contributed by atoms with Gasteiger partial charge in [0, 0.05) is 10.5 Å². The van der Waals surface area contributed by atoms with Crippen molar-refractivity contribution in [1.29, 1.82) is 0 Å². The van der Waals surface area contributed by atoms with Crippen molar-refractivity contribution in [3.05, 3.63) is 34.3 Å². The monoisotopic (exact) mass is 313 g/mol. The molecule has 1 saturated heterocycles. The fraction of sp³-hybridized carbons (Fsp3) is 0.571. The summed E-state index contributed by atoms with van der Waals surface area (Å²) in [4.78, 5) is 0. The molecule has 3 nitrogen and oxygen atoms in total. The maximum Gasteiger partial charge on any atom is 0.162 e. The normalized spacial score (nSPS) is 21.8. The third-order valence-electron chi connectivity index (χ3n) is 3.12. The fourth-order valence-corrected chi connectivity index (χ4v) is 2.25. The number of halogens is 1. The lowest BCUT2D eigenvalue weighted by Crippen LogP contribution is -2.49. The van der Waals surface area contributed by atoms with Gasteiger partial charge in [0.05, 0.1) is 19.3 Å². The molecular weight excluding hydrogens is 294 g/mol. The van der Waals surface area contributed by atoms with Crippen LogP contribution in [0.5, 0.6) is 0 Å². The van der Waals surface area contributed by atoms with Crippen LogP contribution >= 0.6 is 15.9 Å². The average molecular weight is 314 g/mol. The summed E-state index contributed by atoms with van der Waals surface area (Å²) in [5, 5.41) is 3.53. The Hall–Kier alpha value is -0.420. The maximum atomic E-state index is 5.64. The van der Waals surface area contributed by atoms with E-state index in [1.54, 1.807) is 0 Å². The first-order valence-corrected chi connectivity index (χ1v) is 7.05. The molecule has 1 aromatic carbocycles. The Morgan fingerprint density at radius 1 is 1.22 bits per heavy atom. The Kier molecular flexibility index (Phi) is 4.43. The predicted molar refractivity (Wildman–Crippen MR) is 75.5 cm³/mol. The Morgan fingerprint density at radius 2 is 1.78 bits per heavy atom. The van der Waals surface area contributed by atoms with Gasteiger partial charge in [0.2, 0.25) is 0 Å². The molecule has 0 aliphatic carbocycles. The smallest absolute Gasteiger partial charge is 0.162 e. The lowest BCUT2D eigenvalue weighted by Gasteiger charge is -2.36. The number of ether oxygens (including phenoxy) is 2. The van der Waals surface area contributed by atoms with Gasteiger partial charge >= 0.3 is 0 Å². The van der Waals surface area contributed by atoms with E-state index in [-0.39, 0.29) is 12.1 Å². The highest BCUT2D eigenvalue weighted by atomic mass is 79.9. The molecule has 1 atom stereocenters. The van der Waals surface area contributed by atoms with E-state index in [2.05, 4.69) is 52.4 Å². The van der Waals surface area contributed by atoms with Crippen LogP contribution in [0, 0.1) is 0 Å². The molecule has 1 unspecified atom stereocenters. The number of nitrogens with one attached hydrogen (secondary N) is 1. The molecular formula is C14H20BrNO2. The second-order valence-electron chi connectivity index (χ2n) is 5.16. The van der Waals surface area contributed by atoms with E-state index >= 15 is 0 Å². The fourth-order valence-electron chi connectivity index (χ4n) is 1.99. The van der Waals surface area contributed by atoms with Crippen molar-refractivity contribution in [2.45, 2.75) is 38.6 Å². The Balaban J connectivity index is 1.88. The number of rotatable bonds is 3. The van der Waals surface area contributed by atoms with Crippen LogP contribution < -0.4 is 5.32 Å². The molecule has 4 heteroatoms. The molecule has 0 aromatic heterocycles. The van der Waals surface area contributed by atoms with E-state index in [4.69, 9.17) is 9.47 Å². The highest BCUT2D eigenvalue weighted by molar-refractivity contribution is 9.10. The summed E-state index contributed by atoms with van der Waals surface area (Å²) < 4.78 is 12.4. The molecule has 18 heavy (non-hydrogen) atoms. The second-order valence-corrected chi connectivity index (χ2v) is 6.07. The van der Waals surface area contributed by atoms with Gasteiger partial charge in [-0.05, 0) is 38.5 Å². The molecule has 1 heterocycles. The van der Waals surface area contributed by atoms with Gasteiger partial charge in [-0.3, -0.25) is 0 Å².